The van der Waals surface area contributed by atoms with Gasteiger partial charge in [0.2, 0.25) is 0 Å². The predicted octanol–water partition coefficient (Wildman–Crippen LogP) is 5.76. The molecule has 5 nitrogen and oxygen atoms in total. The minimum atomic E-state index is -0.225. The van der Waals surface area contributed by atoms with Gasteiger partial charge in [-0.1, -0.05) is 72.5 Å². The van der Waals surface area contributed by atoms with Crippen LogP contribution in [-0.2, 0) is 16.0 Å². The molecule has 1 aliphatic rings. The number of nitrogens with zero attached hydrogens (tertiary/aromatic N) is 1. The van der Waals surface area contributed by atoms with Crippen molar-refractivity contribution in [1.29, 1.82) is 0 Å². The van der Waals surface area contributed by atoms with Crippen molar-refractivity contribution >= 4 is 51.9 Å². The zero-order valence-corrected chi connectivity index (χ0v) is 21.2. The van der Waals surface area contributed by atoms with E-state index >= 15 is 0 Å². The summed E-state index contributed by atoms with van der Waals surface area (Å²) < 4.78 is 6.19. The Bertz CT molecular complexity index is 1270. The highest BCUT2D eigenvalue weighted by Crippen LogP contribution is 2.33. The average Bonchev–Trinajstić information content (AvgIpc) is 3.12. The third-order valence-corrected chi connectivity index (χ3v) is 7.06. The summed E-state index contributed by atoms with van der Waals surface area (Å²) in [6.07, 6.45) is 2.59. The van der Waals surface area contributed by atoms with Crippen LogP contribution in [0.5, 0.6) is 5.75 Å². The molecule has 0 aromatic heterocycles. The molecule has 0 atom stereocenters. The fourth-order valence-electron chi connectivity index (χ4n) is 3.56. The largest absolute Gasteiger partial charge is 0.484 e. The molecule has 0 bridgehead atoms. The van der Waals surface area contributed by atoms with Gasteiger partial charge in [-0.2, -0.15) is 0 Å². The van der Waals surface area contributed by atoms with Gasteiger partial charge in [0.1, 0.15) is 10.1 Å². The smallest absolute Gasteiger partial charge is 0.266 e. The standard InChI is InChI=1S/C28H26N2O3S2/c1-19-8-11-23(16-20(19)2)29-26(31)18-33-24-12-9-22(10-13-24)17-25-27(32)30(28(34)35-25)15-14-21-6-4-3-5-7-21/h3-13,16-17H,14-15,18H2,1-2H3,(H,29,31)/b25-17-. The van der Waals surface area contributed by atoms with Crippen molar-refractivity contribution in [2.75, 3.05) is 18.5 Å². The summed E-state index contributed by atoms with van der Waals surface area (Å²) in [4.78, 5) is 27.3. The highest BCUT2D eigenvalue weighted by molar-refractivity contribution is 8.26. The molecule has 2 amide bonds. The Kier molecular flexibility index (Phi) is 8.00. The first-order valence-corrected chi connectivity index (χ1v) is 12.5. The van der Waals surface area contributed by atoms with E-state index in [2.05, 4.69) is 5.32 Å². The van der Waals surface area contributed by atoms with Crippen molar-refractivity contribution in [3.8, 4) is 5.75 Å². The van der Waals surface area contributed by atoms with E-state index in [9.17, 15) is 9.59 Å². The summed E-state index contributed by atoms with van der Waals surface area (Å²) >= 11 is 6.75. The minimum Gasteiger partial charge on any atom is -0.484 e. The molecule has 178 valence electrons. The number of hydrogen-bond acceptors (Lipinski definition) is 5. The number of carbonyl (C=O) groups is 2. The average molecular weight is 503 g/mol. The lowest BCUT2D eigenvalue weighted by molar-refractivity contribution is -0.122. The molecule has 1 N–H and O–H groups in total. The lowest BCUT2D eigenvalue weighted by Gasteiger charge is -2.14. The van der Waals surface area contributed by atoms with E-state index in [1.165, 1.54) is 22.9 Å². The normalized spacial score (nSPS) is 14.5. The van der Waals surface area contributed by atoms with Gasteiger partial charge in [-0.3, -0.25) is 14.5 Å². The fourth-order valence-corrected chi connectivity index (χ4v) is 4.86. The van der Waals surface area contributed by atoms with Gasteiger partial charge in [0.15, 0.2) is 6.61 Å². The van der Waals surface area contributed by atoms with Crippen molar-refractivity contribution in [3.05, 3.63) is 100.0 Å². The maximum Gasteiger partial charge on any atom is 0.266 e. The lowest BCUT2D eigenvalue weighted by atomic mass is 10.1. The molecule has 4 rings (SSSR count). The molecule has 0 unspecified atom stereocenters. The Morgan fingerprint density at radius 1 is 1.03 bits per heavy atom. The molecule has 1 heterocycles. The van der Waals surface area contributed by atoms with Crippen LogP contribution < -0.4 is 10.1 Å². The van der Waals surface area contributed by atoms with Crippen LogP contribution in [0, 0.1) is 13.8 Å². The van der Waals surface area contributed by atoms with Gasteiger partial charge in [0.25, 0.3) is 11.8 Å². The maximum absolute atomic E-state index is 12.9. The fraction of sp³-hybridized carbons (Fsp3) is 0.179. The van der Waals surface area contributed by atoms with Gasteiger partial charge >= 0.3 is 0 Å². The second-order valence-electron chi connectivity index (χ2n) is 8.27. The number of thiocarbonyl (C=S) groups is 1. The van der Waals surface area contributed by atoms with Crippen molar-refractivity contribution in [1.82, 2.24) is 4.90 Å². The third kappa shape index (κ3) is 6.59. The SMILES string of the molecule is Cc1ccc(NC(=O)COc2ccc(/C=C3\SC(=S)N(CCc4ccccc4)C3=O)cc2)cc1C. The highest BCUT2D eigenvalue weighted by atomic mass is 32.2. The molecule has 3 aromatic rings. The first-order chi connectivity index (χ1) is 16.9. The Balaban J connectivity index is 1.30. The van der Waals surface area contributed by atoms with Gasteiger partial charge in [0.05, 0.1) is 4.91 Å². The van der Waals surface area contributed by atoms with Crippen molar-refractivity contribution in [3.63, 3.8) is 0 Å². The topological polar surface area (TPSA) is 58.6 Å². The summed E-state index contributed by atoms with van der Waals surface area (Å²) in [7, 11) is 0. The summed E-state index contributed by atoms with van der Waals surface area (Å²) in [5, 5.41) is 2.84. The van der Waals surface area contributed by atoms with Gasteiger partial charge < -0.3 is 10.1 Å². The molecule has 0 radical (unpaired) electrons. The molecular weight excluding hydrogens is 476 g/mol. The van der Waals surface area contributed by atoms with E-state index < -0.39 is 0 Å². The number of nitrogens with one attached hydrogen (secondary N) is 1. The molecule has 7 heteroatoms. The van der Waals surface area contributed by atoms with Gasteiger partial charge in [-0.15, -0.1) is 0 Å². The highest BCUT2D eigenvalue weighted by Gasteiger charge is 2.31. The Morgan fingerprint density at radius 3 is 2.49 bits per heavy atom. The molecule has 3 aromatic carbocycles. The molecule has 0 saturated carbocycles. The van der Waals surface area contributed by atoms with Crippen molar-refractivity contribution < 1.29 is 14.3 Å². The number of benzene rings is 3. The van der Waals surface area contributed by atoms with Crippen LogP contribution in [0.25, 0.3) is 6.08 Å². The van der Waals surface area contributed by atoms with Gasteiger partial charge in [0, 0.05) is 12.2 Å². The molecule has 0 aliphatic carbocycles. The van der Waals surface area contributed by atoms with Crippen LogP contribution >= 0.6 is 24.0 Å². The molecular formula is C28H26N2O3S2. The Labute approximate surface area is 215 Å². The Morgan fingerprint density at radius 2 is 1.77 bits per heavy atom. The summed E-state index contributed by atoms with van der Waals surface area (Å²) in [6, 6.07) is 23.1. The van der Waals surface area contributed by atoms with Crippen LogP contribution in [0.2, 0.25) is 0 Å². The number of amides is 2. The van der Waals surface area contributed by atoms with Gasteiger partial charge in [-0.05, 0) is 72.9 Å². The van der Waals surface area contributed by atoms with E-state index in [1.807, 2.05) is 80.6 Å². The van der Waals surface area contributed by atoms with Crippen LogP contribution in [0.4, 0.5) is 5.69 Å². The van der Waals surface area contributed by atoms with E-state index in [4.69, 9.17) is 17.0 Å². The Hall–Kier alpha value is -3.42. The lowest BCUT2D eigenvalue weighted by Crippen LogP contribution is -2.30. The van der Waals surface area contributed by atoms with E-state index in [1.54, 1.807) is 17.0 Å². The number of aryl methyl sites for hydroxylation is 2. The summed E-state index contributed by atoms with van der Waals surface area (Å²) in [5.41, 5.74) is 5.07. The zero-order valence-electron chi connectivity index (χ0n) is 19.6. The predicted molar refractivity (Wildman–Crippen MR) is 147 cm³/mol. The number of carbonyl (C=O) groups excluding carboxylic acids is 2. The second-order valence-corrected chi connectivity index (χ2v) is 9.95. The number of rotatable bonds is 8. The zero-order chi connectivity index (χ0) is 24.8. The van der Waals surface area contributed by atoms with Crippen LogP contribution in [-0.4, -0.2) is 34.2 Å². The number of hydrogen-bond donors (Lipinski definition) is 1. The molecule has 1 fully saturated rings. The minimum absolute atomic E-state index is 0.0701. The first kappa shape index (κ1) is 24.7. The summed E-state index contributed by atoms with van der Waals surface area (Å²) in [5.74, 6) is 0.281. The summed E-state index contributed by atoms with van der Waals surface area (Å²) in [6.45, 7) is 4.50. The van der Waals surface area contributed by atoms with Crippen molar-refractivity contribution in [2.24, 2.45) is 0 Å². The van der Waals surface area contributed by atoms with E-state index in [0.29, 0.717) is 21.5 Å². The van der Waals surface area contributed by atoms with Crippen LogP contribution in [0.1, 0.15) is 22.3 Å². The molecule has 1 saturated heterocycles. The molecule has 35 heavy (non-hydrogen) atoms. The van der Waals surface area contributed by atoms with Gasteiger partial charge in [-0.25, -0.2) is 0 Å². The monoisotopic (exact) mass is 502 g/mol. The first-order valence-electron chi connectivity index (χ1n) is 11.3. The van der Waals surface area contributed by atoms with E-state index in [0.717, 1.165) is 23.2 Å². The van der Waals surface area contributed by atoms with Crippen LogP contribution in [0.3, 0.4) is 0 Å². The van der Waals surface area contributed by atoms with E-state index in [-0.39, 0.29) is 18.4 Å². The van der Waals surface area contributed by atoms with Crippen molar-refractivity contribution in [2.45, 2.75) is 20.3 Å². The quantitative estimate of drug-likeness (QED) is 0.313. The number of ether oxygens (including phenoxy) is 1. The molecule has 0 spiro atoms. The molecule has 1 aliphatic heterocycles. The number of anilines is 1. The number of thioether (sulfide) groups is 1. The maximum atomic E-state index is 12.9. The van der Waals surface area contributed by atoms with Crippen LogP contribution in [0.15, 0.2) is 77.7 Å². The second kappa shape index (κ2) is 11.3. The third-order valence-electron chi connectivity index (χ3n) is 5.68.